The molecule has 0 spiro atoms. The molecule has 50 heavy (non-hydrogen) atoms. The van der Waals surface area contributed by atoms with Gasteiger partial charge in [0.1, 0.15) is 6.61 Å². The van der Waals surface area contributed by atoms with Crippen LogP contribution in [0.4, 0.5) is 0 Å². The van der Waals surface area contributed by atoms with Crippen LogP contribution in [0.2, 0.25) is 0 Å². The van der Waals surface area contributed by atoms with Crippen LogP contribution in [0.25, 0.3) is 0 Å². The monoisotopic (exact) mass is 727 g/mol. The second kappa shape index (κ2) is 37.0. The van der Waals surface area contributed by atoms with Crippen LogP contribution in [-0.2, 0) is 28.2 Å². The lowest BCUT2D eigenvalue weighted by atomic mass is 10.1. The van der Waals surface area contributed by atoms with Gasteiger partial charge in [0.15, 0.2) is 6.10 Å². The molecule has 1 atom stereocenters. The molecule has 0 saturated heterocycles. The summed E-state index contributed by atoms with van der Waals surface area (Å²) >= 11 is 0. The number of esters is 2. The number of carbonyl (C=O) groups is 2. The lowest BCUT2D eigenvalue weighted by Gasteiger charge is -2.18. The minimum absolute atomic E-state index is 0.206. The first-order valence-electron chi connectivity index (χ1n) is 20.3. The van der Waals surface area contributed by atoms with Gasteiger partial charge in [0.05, 0.1) is 6.61 Å². The van der Waals surface area contributed by atoms with Gasteiger partial charge in [-0.3, -0.25) is 14.1 Å². The minimum Gasteiger partial charge on any atom is -0.462 e. The van der Waals surface area contributed by atoms with Crippen molar-refractivity contribution >= 4 is 19.8 Å². The summed E-state index contributed by atoms with van der Waals surface area (Å²) in [5, 5.41) is 0. The number of ether oxygens (including phenoxy) is 2. The van der Waals surface area contributed by atoms with Crippen molar-refractivity contribution < 1.29 is 37.9 Å². The van der Waals surface area contributed by atoms with Gasteiger partial charge in [0.2, 0.25) is 0 Å². The third kappa shape index (κ3) is 39.1. The highest BCUT2D eigenvalue weighted by molar-refractivity contribution is 7.46. The molecule has 292 valence electrons. The highest BCUT2D eigenvalue weighted by Gasteiger charge is 2.22. The molecule has 0 aromatic rings. The SMILES string of the molecule is CCCCCC/C=C/C=C/CCCCCCCC(=O)OC[C@H](COP(=O)(O)O)OC(=O)CCCCCCCCCCC/C=C/CCCCCC. The zero-order valence-corrected chi connectivity index (χ0v) is 32.9. The molecule has 2 N–H and O–H groups in total. The van der Waals surface area contributed by atoms with Crippen LogP contribution in [0.5, 0.6) is 0 Å². The van der Waals surface area contributed by atoms with E-state index < -0.39 is 32.5 Å². The van der Waals surface area contributed by atoms with Crippen molar-refractivity contribution in [3.8, 4) is 0 Å². The van der Waals surface area contributed by atoms with Crippen LogP contribution in [-0.4, -0.2) is 41.0 Å². The number of phosphoric acid groups is 1. The molecule has 0 bridgehead atoms. The molecule has 0 unspecified atom stereocenters. The predicted octanol–water partition coefficient (Wildman–Crippen LogP) is 12.2. The maximum atomic E-state index is 12.4. The van der Waals surface area contributed by atoms with E-state index in [9.17, 15) is 14.2 Å². The van der Waals surface area contributed by atoms with Crippen molar-refractivity contribution in [2.75, 3.05) is 13.2 Å². The Morgan fingerprint density at radius 1 is 0.520 bits per heavy atom. The highest BCUT2D eigenvalue weighted by Crippen LogP contribution is 2.36. The fraction of sp³-hybridized carbons (Fsp3) is 0.805. The molecular weight excluding hydrogens is 651 g/mol. The third-order valence-electron chi connectivity index (χ3n) is 8.66. The molecule has 0 aliphatic rings. The first kappa shape index (κ1) is 48.3. The second-order valence-electron chi connectivity index (χ2n) is 13.6. The quantitative estimate of drug-likeness (QED) is 0.0213. The molecule has 0 aromatic carbocycles. The summed E-state index contributed by atoms with van der Waals surface area (Å²) < 4.78 is 26.3. The van der Waals surface area contributed by atoms with Crippen LogP contribution in [0.15, 0.2) is 36.5 Å². The van der Waals surface area contributed by atoms with E-state index in [-0.39, 0.29) is 19.4 Å². The van der Waals surface area contributed by atoms with Gasteiger partial charge >= 0.3 is 19.8 Å². The molecule has 0 radical (unpaired) electrons. The zero-order chi connectivity index (χ0) is 36.8. The van der Waals surface area contributed by atoms with E-state index in [0.29, 0.717) is 12.8 Å². The molecule has 0 aliphatic carbocycles. The summed E-state index contributed by atoms with van der Waals surface area (Å²) in [5.41, 5.74) is 0. The Hall–Kier alpha value is -1.73. The topological polar surface area (TPSA) is 119 Å². The Morgan fingerprint density at radius 2 is 0.900 bits per heavy atom. The molecule has 0 fully saturated rings. The van der Waals surface area contributed by atoms with E-state index in [1.165, 1.54) is 96.3 Å². The van der Waals surface area contributed by atoms with E-state index >= 15 is 0 Å². The summed E-state index contributed by atoms with van der Waals surface area (Å²) in [6, 6.07) is 0. The maximum Gasteiger partial charge on any atom is 0.469 e. The van der Waals surface area contributed by atoms with Gasteiger partial charge in [0.25, 0.3) is 0 Å². The van der Waals surface area contributed by atoms with Crippen molar-refractivity contribution in [1.82, 2.24) is 0 Å². The Balaban J connectivity index is 3.95. The number of phosphoric ester groups is 1. The number of hydrogen-bond acceptors (Lipinski definition) is 6. The van der Waals surface area contributed by atoms with Gasteiger partial charge in [-0.15, -0.1) is 0 Å². The van der Waals surface area contributed by atoms with Gasteiger partial charge in [0, 0.05) is 12.8 Å². The first-order chi connectivity index (χ1) is 24.3. The first-order valence-corrected chi connectivity index (χ1v) is 21.8. The highest BCUT2D eigenvalue weighted by atomic mass is 31.2. The molecular formula is C41H75O8P. The van der Waals surface area contributed by atoms with Crippen LogP contribution in [0.3, 0.4) is 0 Å². The number of rotatable bonds is 37. The summed E-state index contributed by atoms with van der Waals surface area (Å²) in [4.78, 5) is 42.8. The van der Waals surface area contributed by atoms with Crippen LogP contribution >= 0.6 is 7.82 Å². The average Bonchev–Trinajstić information content (AvgIpc) is 3.08. The van der Waals surface area contributed by atoms with Crippen LogP contribution in [0.1, 0.15) is 194 Å². The van der Waals surface area contributed by atoms with Gasteiger partial charge < -0.3 is 19.3 Å². The lowest BCUT2D eigenvalue weighted by molar-refractivity contribution is -0.161. The van der Waals surface area contributed by atoms with E-state index in [1.54, 1.807) is 0 Å². The number of unbranched alkanes of at least 4 members (excludes halogenated alkanes) is 22. The average molecular weight is 727 g/mol. The van der Waals surface area contributed by atoms with Crippen molar-refractivity contribution in [3.63, 3.8) is 0 Å². The summed E-state index contributed by atoms with van der Waals surface area (Å²) in [6.07, 6.45) is 42.9. The van der Waals surface area contributed by atoms with E-state index in [1.807, 2.05) is 0 Å². The van der Waals surface area contributed by atoms with E-state index in [2.05, 4.69) is 54.8 Å². The number of hydrogen-bond donors (Lipinski definition) is 2. The fourth-order valence-corrected chi connectivity index (χ4v) is 5.95. The zero-order valence-electron chi connectivity index (χ0n) is 32.0. The molecule has 0 saturated carbocycles. The number of carbonyl (C=O) groups excluding carboxylic acids is 2. The normalized spacial score (nSPS) is 12.8. The van der Waals surface area contributed by atoms with E-state index in [0.717, 1.165) is 57.8 Å². The Morgan fingerprint density at radius 3 is 1.34 bits per heavy atom. The van der Waals surface area contributed by atoms with Crippen LogP contribution < -0.4 is 0 Å². The molecule has 0 heterocycles. The molecule has 0 amide bonds. The molecule has 0 aliphatic heterocycles. The molecule has 0 aromatic heterocycles. The summed E-state index contributed by atoms with van der Waals surface area (Å²) in [6.45, 7) is 3.64. The van der Waals surface area contributed by atoms with Crippen molar-refractivity contribution in [2.45, 2.75) is 200 Å². The lowest BCUT2D eigenvalue weighted by Crippen LogP contribution is -2.29. The molecule has 0 rings (SSSR count). The van der Waals surface area contributed by atoms with Gasteiger partial charge in [-0.2, -0.15) is 0 Å². The Kier molecular flexibility index (Phi) is 35.8. The maximum absolute atomic E-state index is 12.4. The number of allylic oxidation sites excluding steroid dienone is 6. The van der Waals surface area contributed by atoms with Gasteiger partial charge in [-0.1, -0.05) is 153 Å². The fourth-order valence-electron chi connectivity index (χ4n) is 5.59. The smallest absolute Gasteiger partial charge is 0.462 e. The summed E-state index contributed by atoms with van der Waals surface area (Å²) in [5.74, 6) is -0.903. The van der Waals surface area contributed by atoms with Crippen molar-refractivity contribution in [2.24, 2.45) is 0 Å². The van der Waals surface area contributed by atoms with Crippen molar-refractivity contribution in [1.29, 1.82) is 0 Å². The van der Waals surface area contributed by atoms with Crippen LogP contribution in [0, 0.1) is 0 Å². The minimum atomic E-state index is -4.75. The second-order valence-corrected chi connectivity index (χ2v) is 14.9. The Labute approximate surface area is 306 Å². The standard InChI is InChI=1S/C41H75O8P/c1-3-5-7-9-11-13-15-17-19-20-22-24-26-28-30-32-34-36-41(43)49-39(38-48-50(44,45)46)37-47-40(42)35-33-31-29-27-25-23-21-18-16-14-12-10-8-6-4-2/h13-16,18,21,39H,3-12,17,19-20,22-38H2,1-2H3,(H2,44,45,46)/b15-13+,16-14+,21-18+/t39-/m1/s1. The molecule has 8 nitrogen and oxygen atoms in total. The summed E-state index contributed by atoms with van der Waals surface area (Å²) in [7, 11) is -4.75. The van der Waals surface area contributed by atoms with Gasteiger partial charge in [-0.25, -0.2) is 4.57 Å². The van der Waals surface area contributed by atoms with Crippen molar-refractivity contribution in [3.05, 3.63) is 36.5 Å². The largest absolute Gasteiger partial charge is 0.469 e. The third-order valence-corrected chi connectivity index (χ3v) is 9.14. The predicted molar refractivity (Wildman–Crippen MR) is 207 cm³/mol. The molecule has 9 heteroatoms. The van der Waals surface area contributed by atoms with E-state index in [4.69, 9.17) is 19.3 Å². The Bertz CT molecular complexity index is 910. The van der Waals surface area contributed by atoms with Gasteiger partial charge in [-0.05, 0) is 64.2 Å².